The minimum absolute atomic E-state index is 0.0426. The third-order valence-electron chi connectivity index (χ3n) is 11.3. The average Bonchev–Trinajstić information content (AvgIpc) is 3.76. The number of pyridine rings is 1. The molecule has 2 aromatic heterocycles. The summed E-state index contributed by atoms with van der Waals surface area (Å²) >= 11 is 0. The highest BCUT2D eigenvalue weighted by Crippen LogP contribution is 2.52. The molecule has 45 heavy (non-hydrogen) atoms. The van der Waals surface area contributed by atoms with E-state index in [0.717, 1.165) is 55.1 Å². The second kappa shape index (κ2) is 10.2. The number of benzene rings is 2. The number of fused-ring (bicyclic) bond motifs is 7. The average molecular weight is 613 g/mol. The molecular weight excluding hydrogens is 574 g/mol. The summed E-state index contributed by atoms with van der Waals surface area (Å²) in [7, 11) is 0. The number of anilines is 1. The topological polar surface area (TPSA) is 86.6 Å². The molecule has 0 radical (unpaired) electrons. The zero-order chi connectivity index (χ0) is 30.4. The van der Waals surface area contributed by atoms with Crippen LogP contribution in [-0.2, 0) is 0 Å². The lowest BCUT2D eigenvalue weighted by Crippen LogP contribution is -2.51. The molecule has 2 N–H and O–H groups in total. The van der Waals surface area contributed by atoms with Crippen LogP contribution in [0.5, 0.6) is 11.8 Å². The summed E-state index contributed by atoms with van der Waals surface area (Å²) in [5.74, 6) is 0.669. The van der Waals surface area contributed by atoms with Gasteiger partial charge in [0.05, 0.1) is 10.9 Å². The van der Waals surface area contributed by atoms with E-state index in [9.17, 15) is 9.50 Å². The van der Waals surface area contributed by atoms with Crippen molar-refractivity contribution in [2.24, 2.45) is 5.92 Å². The van der Waals surface area contributed by atoms with Gasteiger partial charge in [0.2, 0.25) is 0 Å². The number of rotatable bonds is 5. The van der Waals surface area contributed by atoms with Crippen molar-refractivity contribution in [1.82, 2.24) is 25.2 Å². The van der Waals surface area contributed by atoms with Crippen LogP contribution in [0.3, 0.4) is 0 Å². The molecule has 6 atom stereocenters. The fourth-order valence-corrected chi connectivity index (χ4v) is 9.51. The van der Waals surface area contributed by atoms with E-state index in [0.29, 0.717) is 53.8 Å². The number of piperazine rings is 1. The standard InChI is InChI=1S/C35H38F2N6O2/c1-19-4-2-5-20-10-25(44)11-26(29(19)20)31-30(37)32-27(14-38-31)33(42-16-23-8-9-24(17-42)39-23)41-34(40-32)45-18-35-12-21-6-3-7-28(21)43(35)15-22(36)13-35/h2,4-5,10-11,14,21-24,28,39,44H,3,6-9,12-13,15-18H2,1H3/t21-,22-,23?,24?,28-,35?/m0/s1. The van der Waals surface area contributed by atoms with Crippen LogP contribution in [0.25, 0.3) is 32.9 Å². The highest BCUT2D eigenvalue weighted by Gasteiger charge is 2.58. The van der Waals surface area contributed by atoms with Crippen molar-refractivity contribution < 1.29 is 18.6 Å². The van der Waals surface area contributed by atoms with Gasteiger partial charge in [0.15, 0.2) is 5.82 Å². The largest absolute Gasteiger partial charge is 0.508 e. The van der Waals surface area contributed by atoms with Gasteiger partial charge < -0.3 is 20.1 Å². The number of halogens is 2. The number of hydrogen-bond donors (Lipinski definition) is 2. The molecule has 5 fully saturated rings. The maximum atomic E-state index is 16.8. The number of aromatic hydroxyl groups is 1. The van der Waals surface area contributed by atoms with Gasteiger partial charge in [0, 0.05) is 55.9 Å². The Bertz CT molecular complexity index is 1830. The van der Waals surface area contributed by atoms with E-state index in [2.05, 4.69) is 20.1 Å². The Balaban J connectivity index is 1.15. The molecule has 2 bridgehead atoms. The van der Waals surface area contributed by atoms with Crippen molar-refractivity contribution in [1.29, 1.82) is 0 Å². The lowest BCUT2D eigenvalue weighted by molar-refractivity contribution is 0.0832. The molecule has 6 heterocycles. The van der Waals surface area contributed by atoms with E-state index in [1.54, 1.807) is 18.3 Å². The quantitative estimate of drug-likeness (QED) is 0.298. The summed E-state index contributed by atoms with van der Waals surface area (Å²) < 4.78 is 38.1. The molecular formula is C35H38F2N6O2. The third kappa shape index (κ3) is 4.39. The van der Waals surface area contributed by atoms with Crippen molar-refractivity contribution in [3.63, 3.8) is 0 Å². The van der Waals surface area contributed by atoms with Crippen LogP contribution in [0.2, 0.25) is 0 Å². The Hall–Kier alpha value is -3.63. The summed E-state index contributed by atoms with van der Waals surface area (Å²) in [6.07, 6.45) is 7.86. The van der Waals surface area contributed by atoms with E-state index >= 15 is 4.39 Å². The summed E-state index contributed by atoms with van der Waals surface area (Å²) in [5, 5.41) is 16.4. The van der Waals surface area contributed by atoms with E-state index in [1.807, 2.05) is 25.1 Å². The summed E-state index contributed by atoms with van der Waals surface area (Å²) in [5.41, 5.74) is 1.36. The zero-order valence-corrected chi connectivity index (χ0v) is 25.5. The fourth-order valence-electron chi connectivity index (χ4n) is 9.51. The van der Waals surface area contributed by atoms with Crippen LogP contribution < -0.4 is 15.0 Å². The summed E-state index contributed by atoms with van der Waals surface area (Å²) in [6, 6.07) is 10.3. The number of aryl methyl sites for hydroxylation is 1. The first-order valence-corrected chi connectivity index (χ1v) is 16.5. The monoisotopic (exact) mass is 612 g/mol. The predicted molar refractivity (Wildman–Crippen MR) is 169 cm³/mol. The molecule has 2 aromatic carbocycles. The lowest BCUT2D eigenvalue weighted by atomic mass is 9.89. The summed E-state index contributed by atoms with van der Waals surface area (Å²) in [4.78, 5) is 18.8. The van der Waals surface area contributed by atoms with E-state index in [1.165, 1.54) is 12.8 Å². The van der Waals surface area contributed by atoms with Crippen molar-refractivity contribution in [2.45, 2.75) is 81.7 Å². The van der Waals surface area contributed by atoms with Crippen LogP contribution in [0.4, 0.5) is 14.6 Å². The lowest BCUT2D eigenvalue weighted by Gasteiger charge is -2.35. The number of phenols is 1. The molecule has 1 aliphatic carbocycles. The smallest absolute Gasteiger partial charge is 0.319 e. The first-order chi connectivity index (χ1) is 21.8. The van der Waals surface area contributed by atoms with Crippen molar-refractivity contribution in [2.75, 3.05) is 31.1 Å². The number of aromatic nitrogens is 3. The van der Waals surface area contributed by atoms with Gasteiger partial charge in [-0.3, -0.25) is 9.88 Å². The molecule has 234 valence electrons. The number of nitrogens with zero attached hydrogens (tertiary/aromatic N) is 5. The molecule has 5 aliphatic rings. The van der Waals surface area contributed by atoms with Gasteiger partial charge in [-0.15, -0.1) is 0 Å². The van der Waals surface area contributed by atoms with Gasteiger partial charge in [0.25, 0.3) is 0 Å². The Morgan fingerprint density at radius 1 is 1.07 bits per heavy atom. The number of phenolic OH excluding ortho intramolecular Hbond substituents is 1. The van der Waals surface area contributed by atoms with Crippen LogP contribution in [0, 0.1) is 18.7 Å². The minimum atomic E-state index is -0.869. The molecule has 9 rings (SSSR count). The van der Waals surface area contributed by atoms with Crippen molar-refractivity contribution in [3.8, 4) is 23.0 Å². The van der Waals surface area contributed by atoms with Crippen LogP contribution in [-0.4, -0.2) is 81.0 Å². The van der Waals surface area contributed by atoms with Gasteiger partial charge in [0.1, 0.15) is 35.6 Å². The molecule has 0 spiro atoms. The molecule has 4 aromatic rings. The molecule has 10 heteroatoms. The molecule has 4 saturated heterocycles. The second-order valence-electron chi connectivity index (χ2n) is 14.2. The molecule has 4 aliphatic heterocycles. The van der Waals surface area contributed by atoms with Crippen molar-refractivity contribution in [3.05, 3.63) is 47.9 Å². The van der Waals surface area contributed by atoms with Gasteiger partial charge in [-0.1, -0.05) is 24.6 Å². The minimum Gasteiger partial charge on any atom is -0.508 e. The molecule has 8 nitrogen and oxygen atoms in total. The first kappa shape index (κ1) is 27.7. The van der Waals surface area contributed by atoms with Crippen molar-refractivity contribution >= 4 is 27.5 Å². The number of nitrogens with one attached hydrogen (secondary N) is 1. The second-order valence-corrected chi connectivity index (χ2v) is 14.2. The Labute approximate surface area is 260 Å². The summed E-state index contributed by atoms with van der Waals surface area (Å²) in [6.45, 7) is 4.23. The fraction of sp³-hybridized carbons (Fsp3) is 0.514. The molecule has 3 unspecified atom stereocenters. The van der Waals surface area contributed by atoms with Gasteiger partial charge in [-0.2, -0.15) is 9.97 Å². The van der Waals surface area contributed by atoms with Crippen LogP contribution >= 0.6 is 0 Å². The number of ether oxygens (including phenoxy) is 1. The number of alkyl halides is 1. The predicted octanol–water partition coefficient (Wildman–Crippen LogP) is 5.67. The Kier molecular flexibility index (Phi) is 6.26. The molecule has 0 amide bonds. The highest BCUT2D eigenvalue weighted by molar-refractivity contribution is 6.01. The van der Waals surface area contributed by atoms with Crippen LogP contribution in [0.15, 0.2) is 36.5 Å². The zero-order valence-electron chi connectivity index (χ0n) is 25.5. The maximum absolute atomic E-state index is 16.8. The van der Waals surface area contributed by atoms with Crippen LogP contribution in [0.1, 0.15) is 50.5 Å². The third-order valence-corrected chi connectivity index (χ3v) is 11.3. The number of hydrogen-bond acceptors (Lipinski definition) is 8. The molecule has 1 saturated carbocycles. The van der Waals surface area contributed by atoms with E-state index in [4.69, 9.17) is 14.7 Å². The van der Waals surface area contributed by atoms with Gasteiger partial charge >= 0.3 is 6.01 Å². The normalized spacial score (nSPS) is 30.8. The Morgan fingerprint density at radius 3 is 2.76 bits per heavy atom. The maximum Gasteiger partial charge on any atom is 0.319 e. The van der Waals surface area contributed by atoms with Gasteiger partial charge in [-0.25, -0.2) is 8.78 Å². The van der Waals surface area contributed by atoms with E-state index < -0.39 is 12.0 Å². The highest BCUT2D eigenvalue weighted by atomic mass is 19.1. The van der Waals surface area contributed by atoms with E-state index in [-0.39, 0.29) is 35.1 Å². The first-order valence-electron chi connectivity index (χ1n) is 16.5. The van der Waals surface area contributed by atoms with Gasteiger partial charge in [-0.05, 0) is 73.4 Å². The Morgan fingerprint density at radius 2 is 1.91 bits per heavy atom. The SMILES string of the molecule is Cc1cccc2cc(O)cc(-c3ncc4c(N5CC6CCC(C5)N6)nc(OCC56C[C@H](F)CN5[C@H]5CCC[C@H]5C6)nc4c3F)c12.